The van der Waals surface area contributed by atoms with Crippen LogP contribution in [-0.2, 0) is 46.4 Å². The summed E-state index contributed by atoms with van der Waals surface area (Å²) < 4.78 is 33.2. The quantitative estimate of drug-likeness (QED) is 0.531. The van der Waals surface area contributed by atoms with Crippen LogP contribution in [0.2, 0.25) is 0 Å². The fourth-order valence-electron chi connectivity index (χ4n) is 2.01. The van der Waals surface area contributed by atoms with Gasteiger partial charge >= 0.3 is 5.69 Å². The number of rotatable bonds is 6. The van der Waals surface area contributed by atoms with E-state index in [0.29, 0.717) is 23.0 Å². The van der Waals surface area contributed by atoms with Gasteiger partial charge in [-0.05, 0) is 28.6 Å². The van der Waals surface area contributed by atoms with Crippen LogP contribution in [0.3, 0.4) is 0 Å². The molecular weight excluding hydrogens is 431 g/mol. The third-order valence-corrected chi connectivity index (χ3v) is 3.89. The Morgan fingerprint density at radius 1 is 1.32 bits per heavy atom. The van der Waals surface area contributed by atoms with Gasteiger partial charge < -0.3 is 14.9 Å². The Kier molecular flexibility index (Phi) is 6.85. The molecule has 0 amide bonds. The first-order chi connectivity index (χ1) is 11.6. The molecule has 129 valence electrons. The molecule has 2 heterocycles. The first-order valence-electron chi connectivity index (χ1n) is 6.69. The van der Waals surface area contributed by atoms with Crippen LogP contribution in [0.15, 0.2) is 40.2 Å². The number of nitrogens with zero attached hydrogens (tertiary/aromatic N) is 6. The number of benzene rings is 1. The van der Waals surface area contributed by atoms with Gasteiger partial charge in [0.25, 0.3) is 5.76 Å². The summed E-state index contributed by atoms with van der Waals surface area (Å²) in [5.41, 5.74) is 0.204. The third-order valence-electron chi connectivity index (χ3n) is 3.08. The Hall–Kier alpha value is -1.59. The molecular formula is C13H11F2N6O2SY-. The Labute approximate surface area is 169 Å². The van der Waals surface area contributed by atoms with Crippen LogP contribution < -0.4 is 15.5 Å². The molecule has 0 unspecified atom stereocenters. The number of hydrogen-bond acceptors (Lipinski definition) is 6. The van der Waals surface area contributed by atoms with Crippen molar-refractivity contribution in [2.45, 2.75) is 17.3 Å². The molecule has 1 radical (unpaired) electrons. The zero-order valence-corrected chi connectivity index (χ0v) is 16.6. The molecule has 25 heavy (non-hydrogen) atoms. The van der Waals surface area contributed by atoms with Crippen LogP contribution in [0.5, 0.6) is 5.88 Å². The summed E-state index contributed by atoms with van der Waals surface area (Å²) >= 11 is 0.364. The maximum atomic E-state index is 12.8. The van der Waals surface area contributed by atoms with Gasteiger partial charge in [0.15, 0.2) is 5.88 Å². The van der Waals surface area contributed by atoms with E-state index >= 15 is 0 Å². The zero-order chi connectivity index (χ0) is 17.1. The van der Waals surface area contributed by atoms with E-state index in [1.54, 1.807) is 12.1 Å². The SMILES string of the molecule is Cn1nnn(-c2cccc(SC(F)F)c2COc2cc[n-]n2)c1=O.[Y]. The number of tetrazole rings is 1. The van der Waals surface area contributed by atoms with Gasteiger partial charge in [-0.15, -0.1) is 0 Å². The van der Waals surface area contributed by atoms with Crippen molar-refractivity contribution < 1.29 is 46.2 Å². The van der Waals surface area contributed by atoms with Crippen LogP contribution in [0.25, 0.3) is 5.69 Å². The molecule has 0 N–H and O–H groups in total. The molecule has 12 heteroatoms. The topological polar surface area (TPSA) is 88.9 Å². The fraction of sp³-hybridized carbons (Fsp3) is 0.231. The van der Waals surface area contributed by atoms with Crippen molar-refractivity contribution in [3.8, 4) is 11.6 Å². The molecule has 0 aliphatic rings. The van der Waals surface area contributed by atoms with Crippen molar-refractivity contribution >= 4 is 11.8 Å². The summed E-state index contributed by atoms with van der Waals surface area (Å²) in [7, 11) is 1.44. The molecule has 0 aliphatic heterocycles. The zero-order valence-electron chi connectivity index (χ0n) is 12.9. The first-order valence-corrected chi connectivity index (χ1v) is 7.57. The number of aromatic nitrogens is 6. The third kappa shape index (κ3) is 4.53. The second-order valence-corrected chi connectivity index (χ2v) is 5.62. The minimum Gasteiger partial charge on any atom is -0.579 e. The minimum atomic E-state index is -2.61. The summed E-state index contributed by atoms with van der Waals surface area (Å²) in [6.07, 6.45) is 1.45. The molecule has 8 nitrogen and oxygen atoms in total. The number of thioether (sulfide) groups is 1. The predicted octanol–water partition coefficient (Wildman–Crippen LogP) is 1.21. The molecule has 0 atom stereocenters. The average Bonchev–Trinajstić information content (AvgIpc) is 3.17. The first kappa shape index (κ1) is 19.7. The summed E-state index contributed by atoms with van der Waals surface area (Å²) in [4.78, 5) is 12.3. The number of aryl methyl sites for hydroxylation is 1. The van der Waals surface area contributed by atoms with Crippen molar-refractivity contribution in [2.24, 2.45) is 7.05 Å². The van der Waals surface area contributed by atoms with Gasteiger partial charge in [0.2, 0.25) is 0 Å². The van der Waals surface area contributed by atoms with Crippen LogP contribution in [0, 0.1) is 0 Å². The average molecular weight is 442 g/mol. The van der Waals surface area contributed by atoms with E-state index < -0.39 is 11.4 Å². The monoisotopic (exact) mass is 442 g/mol. The van der Waals surface area contributed by atoms with Gasteiger partial charge in [-0.3, -0.25) is 0 Å². The van der Waals surface area contributed by atoms with E-state index in [4.69, 9.17) is 4.74 Å². The van der Waals surface area contributed by atoms with Gasteiger partial charge in [0, 0.05) is 50.2 Å². The Morgan fingerprint density at radius 3 is 2.72 bits per heavy atom. The van der Waals surface area contributed by atoms with Gasteiger partial charge in [0.1, 0.15) is 6.61 Å². The summed E-state index contributed by atoms with van der Waals surface area (Å²) in [5, 5.41) is 14.7. The summed E-state index contributed by atoms with van der Waals surface area (Å²) in [5.74, 6) is -2.36. The van der Waals surface area contributed by atoms with Crippen molar-refractivity contribution in [3.05, 3.63) is 46.5 Å². The van der Waals surface area contributed by atoms with Crippen molar-refractivity contribution in [3.63, 3.8) is 0 Å². The van der Waals surface area contributed by atoms with Crippen LogP contribution in [-0.4, -0.2) is 30.6 Å². The predicted molar refractivity (Wildman–Crippen MR) is 80.4 cm³/mol. The van der Waals surface area contributed by atoms with E-state index in [1.165, 1.54) is 25.4 Å². The van der Waals surface area contributed by atoms with E-state index in [9.17, 15) is 13.6 Å². The minimum absolute atomic E-state index is 0. The molecule has 0 fully saturated rings. The molecule has 0 saturated carbocycles. The van der Waals surface area contributed by atoms with E-state index in [1.807, 2.05) is 0 Å². The van der Waals surface area contributed by atoms with E-state index in [2.05, 4.69) is 20.6 Å². The van der Waals surface area contributed by atoms with Crippen molar-refractivity contribution in [2.75, 3.05) is 0 Å². The maximum absolute atomic E-state index is 12.8. The second kappa shape index (κ2) is 8.68. The van der Waals surface area contributed by atoms with Crippen molar-refractivity contribution in [1.29, 1.82) is 0 Å². The normalized spacial score (nSPS) is 10.7. The van der Waals surface area contributed by atoms with Gasteiger partial charge in [0.05, 0.1) is 5.69 Å². The Balaban J connectivity index is 0.00000225. The summed E-state index contributed by atoms with van der Waals surface area (Å²) in [6.45, 7) is -0.0765. The second-order valence-electron chi connectivity index (χ2n) is 4.59. The fourth-order valence-corrected chi connectivity index (χ4v) is 2.67. The Bertz CT molecular complexity index is 883. The van der Waals surface area contributed by atoms with Gasteiger partial charge in [-0.25, -0.2) is 4.79 Å². The van der Waals surface area contributed by atoms with Crippen LogP contribution in [0.4, 0.5) is 8.78 Å². The number of halogens is 2. The number of hydrogen-bond donors (Lipinski definition) is 0. The Morgan fingerprint density at radius 2 is 2.12 bits per heavy atom. The molecule has 0 aliphatic carbocycles. The number of alkyl halides is 2. The molecule has 0 spiro atoms. The van der Waals surface area contributed by atoms with Gasteiger partial charge in [-0.2, -0.15) is 24.3 Å². The standard InChI is InChI=1S/C13H11F2N6O2S.Y/c1-20-13(22)21(19-18-20)9-3-2-4-10(24-12(14)15)8(9)7-23-11-5-6-16-17-11;/h2-6,12H,7H2,1H3;/q-1;. The van der Waals surface area contributed by atoms with Crippen LogP contribution in [0.1, 0.15) is 5.56 Å². The molecule has 2 aromatic heterocycles. The molecule has 0 bridgehead atoms. The largest absolute Gasteiger partial charge is 0.579 e. The van der Waals surface area contributed by atoms with Crippen molar-refractivity contribution in [1.82, 2.24) is 30.0 Å². The van der Waals surface area contributed by atoms with E-state index in [0.717, 1.165) is 9.36 Å². The molecule has 3 rings (SSSR count). The van der Waals surface area contributed by atoms with Gasteiger partial charge in [-0.1, -0.05) is 17.8 Å². The summed E-state index contributed by atoms with van der Waals surface area (Å²) in [6, 6.07) is 6.21. The molecule has 0 saturated heterocycles. The van der Waals surface area contributed by atoms with E-state index in [-0.39, 0.29) is 50.1 Å². The number of ether oxygens (including phenoxy) is 1. The smallest absolute Gasteiger partial charge is 0.368 e. The van der Waals surface area contributed by atoms with Crippen LogP contribution >= 0.6 is 11.8 Å². The molecule has 3 aromatic rings. The molecule has 1 aromatic carbocycles. The maximum Gasteiger partial charge on any atom is 0.368 e.